The Hall–Kier alpha value is -2.65. The number of rotatable bonds is 7. The summed E-state index contributed by atoms with van der Waals surface area (Å²) in [5, 5.41) is 8.12. The van der Waals surface area contributed by atoms with Crippen LogP contribution in [0.1, 0.15) is 5.82 Å². The van der Waals surface area contributed by atoms with Gasteiger partial charge in [0.1, 0.15) is 22.2 Å². The first-order chi connectivity index (χ1) is 12.0. The maximum atomic E-state index is 12.6. The molecule has 3 aromatic rings. The molecule has 132 valence electrons. The van der Waals surface area contributed by atoms with E-state index >= 15 is 0 Å². The van der Waals surface area contributed by atoms with Crippen LogP contribution in [0.3, 0.4) is 0 Å². The Morgan fingerprint density at radius 3 is 2.72 bits per heavy atom. The summed E-state index contributed by atoms with van der Waals surface area (Å²) < 4.78 is 39.8. The second kappa shape index (κ2) is 7.08. The highest BCUT2D eigenvalue weighted by Gasteiger charge is 2.20. The molecule has 0 amide bonds. The number of ether oxygens (including phenoxy) is 2. The molecule has 0 saturated heterocycles. The number of fused-ring (bicyclic) bond motifs is 1. The van der Waals surface area contributed by atoms with Crippen molar-refractivity contribution in [2.75, 3.05) is 20.8 Å². The molecule has 8 nitrogen and oxygen atoms in total. The third-order valence-corrected chi connectivity index (χ3v) is 5.17. The second-order valence-electron chi connectivity index (χ2n) is 5.21. The topological polar surface area (TPSA) is 94.8 Å². The largest absolute Gasteiger partial charge is 0.497 e. The van der Waals surface area contributed by atoms with E-state index in [0.717, 1.165) is 5.65 Å². The van der Waals surface area contributed by atoms with E-state index < -0.39 is 10.0 Å². The molecule has 25 heavy (non-hydrogen) atoms. The Morgan fingerprint density at radius 2 is 1.96 bits per heavy atom. The van der Waals surface area contributed by atoms with Crippen LogP contribution in [0.25, 0.3) is 5.65 Å². The van der Waals surface area contributed by atoms with E-state index in [0.29, 0.717) is 18.0 Å². The predicted molar refractivity (Wildman–Crippen MR) is 91.4 cm³/mol. The molecule has 0 spiro atoms. The highest BCUT2D eigenvalue weighted by Crippen LogP contribution is 2.27. The average Bonchev–Trinajstić information content (AvgIpc) is 3.04. The van der Waals surface area contributed by atoms with Crippen molar-refractivity contribution in [2.45, 2.75) is 11.3 Å². The molecule has 2 aromatic heterocycles. The number of nitrogens with one attached hydrogen (secondary N) is 1. The first kappa shape index (κ1) is 17.2. The lowest BCUT2D eigenvalue weighted by atomic mass is 10.3. The van der Waals surface area contributed by atoms with E-state index in [2.05, 4.69) is 14.9 Å². The van der Waals surface area contributed by atoms with E-state index in [-0.39, 0.29) is 17.2 Å². The van der Waals surface area contributed by atoms with Crippen LogP contribution >= 0.6 is 0 Å². The summed E-state index contributed by atoms with van der Waals surface area (Å²) >= 11 is 0. The third kappa shape index (κ3) is 3.57. The highest BCUT2D eigenvalue weighted by molar-refractivity contribution is 7.89. The Balaban J connectivity index is 1.76. The number of methoxy groups -OCH3 is 2. The monoisotopic (exact) mass is 362 g/mol. The van der Waals surface area contributed by atoms with Crippen LogP contribution in [0.2, 0.25) is 0 Å². The molecule has 0 bridgehead atoms. The molecular weight excluding hydrogens is 344 g/mol. The van der Waals surface area contributed by atoms with Gasteiger partial charge in [0.25, 0.3) is 0 Å². The quantitative estimate of drug-likeness (QED) is 0.680. The smallest absolute Gasteiger partial charge is 0.244 e. The molecule has 1 aromatic carbocycles. The van der Waals surface area contributed by atoms with E-state index in [1.54, 1.807) is 12.1 Å². The van der Waals surface area contributed by atoms with Gasteiger partial charge < -0.3 is 9.47 Å². The van der Waals surface area contributed by atoms with Crippen LogP contribution in [0.4, 0.5) is 0 Å². The Labute approximate surface area is 145 Å². The summed E-state index contributed by atoms with van der Waals surface area (Å²) in [7, 11) is -0.861. The van der Waals surface area contributed by atoms with Gasteiger partial charge in [0.05, 0.1) is 14.2 Å². The van der Waals surface area contributed by atoms with Crippen molar-refractivity contribution in [1.29, 1.82) is 0 Å². The van der Waals surface area contributed by atoms with Gasteiger partial charge in [-0.05, 0) is 24.3 Å². The molecule has 3 rings (SSSR count). The van der Waals surface area contributed by atoms with Crippen molar-refractivity contribution in [1.82, 2.24) is 19.3 Å². The van der Waals surface area contributed by atoms with E-state index in [1.807, 2.05) is 28.8 Å². The lowest BCUT2D eigenvalue weighted by molar-refractivity contribution is 0.392. The van der Waals surface area contributed by atoms with Crippen molar-refractivity contribution in [3.8, 4) is 11.5 Å². The predicted octanol–water partition coefficient (Wildman–Crippen LogP) is 1.27. The van der Waals surface area contributed by atoms with Gasteiger partial charge in [0, 0.05) is 25.2 Å². The van der Waals surface area contributed by atoms with Gasteiger partial charge >= 0.3 is 0 Å². The number of benzene rings is 1. The standard InChI is InChI=1S/C16H18N4O4S/c1-23-12-6-7-13(24-2)14(11-12)25(21,22)17-9-8-16-19-18-15-5-3-4-10-20(15)16/h3-7,10-11,17H,8-9H2,1-2H3. The van der Waals surface area contributed by atoms with Crippen LogP contribution in [0.5, 0.6) is 11.5 Å². The molecule has 1 N–H and O–H groups in total. The molecule has 2 heterocycles. The fourth-order valence-electron chi connectivity index (χ4n) is 2.43. The first-order valence-corrected chi connectivity index (χ1v) is 9.04. The second-order valence-corrected chi connectivity index (χ2v) is 6.95. The summed E-state index contributed by atoms with van der Waals surface area (Å²) in [5.41, 5.74) is 0.717. The Kier molecular flexibility index (Phi) is 4.86. The van der Waals surface area contributed by atoms with Crippen LogP contribution in [0.15, 0.2) is 47.5 Å². The van der Waals surface area contributed by atoms with Crippen molar-refractivity contribution >= 4 is 15.7 Å². The van der Waals surface area contributed by atoms with Gasteiger partial charge in [-0.25, -0.2) is 13.1 Å². The molecule has 0 saturated carbocycles. The van der Waals surface area contributed by atoms with Gasteiger partial charge in [0.2, 0.25) is 10.0 Å². The molecular formula is C16H18N4O4S. The molecule has 0 fully saturated rings. The molecule has 0 radical (unpaired) electrons. The summed E-state index contributed by atoms with van der Waals surface area (Å²) in [6.07, 6.45) is 2.24. The zero-order valence-electron chi connectivity index (χ0n) is 13.8. The number of hydrogen-bond acceptors (Lipinski definition) is 6. The van der Waals surface area contributed by atoms with Crippen LogP contribution in [-0.4, -0.2) is 43.8 Å². The molecule has 9 heteroatoms. The fraction of sp³-hybridized carbons (Fsp3) is 0.250. The van der Waals surface area contributed by atoms with Gasteiger partial charge in [-0.2, -0.15) is 0 Å². The number of pyridine rings is 1. The lowest BCUT2D eigenvalue weighted by Gasteiger charge is -2.12. The van der Waals surface area contributed by atoms with Crippen LogP contribution in [-0.2, 0) is 16.4 Å². The van der Waals surface area contributed by atoms with Gasteiger partial charge in [0.15, 0.2) is 5.65 Å². The van der Waals surface area contributed by atoms with E-state index in [1.165, 1.54) is 20.3 Å². The molecule has 0 aliphatic rings. The van der Waals surface area contributed by atoms with Gasteiger partial charge in [-0.3, -0.25) is 4.40 Å². The Morgan fingerprint density at radius 1 is 1.12 bits per heavy atom. The fourth-order valence-corrected chi connectivity index (χ4v) is 3.64. The maximum absolute atomic E-state index is 12.6. The molecule has 0 aliphatic carbocycles. The van der Waals surface area contributed by atoms with Crippen molar-refractivity contribution < 1.29 is 17.9 Å². The summed E-state index contributed by atoms with van der Waals surface area (Å²) in [5.74, 6) is 1.36. The average molecular weight is 362 g/mol. The molecule has 0 atom stereocenters. The normalized spacial score (nSPS) is 11.6. The number of aromatic nitrogens is 3. The molecule has 0 unspecified atom stereocenters. The number of hydrogen-bond donors (Lipinski definition) is 1. The summed E-state index contributed by atoms with van der Waals surface area (Å²) in [6, 6.07) is 10.2. The van der Waals surface area contributed by atoms with E-state index in [9.17, 15) is 8.42 Å². The number of nitrogens with zero attached hydrogens (tertiary/aromatic N) is 3. The van der Waals surface area contributed by atoms with Crippen LogP contribution in [0, 0.1) is 0 Å². The van der Waals surface area contributed by atoms with Gasteiger partial charge in [-0.1, -0.05) is 6.07 Å². The zero-order valence-corrected chi connectivity index (χ0v) is 14.7. The minimum atomic E-state index is -3.75. The summed E-state index contributed by atoms with van der Waals surface area (Å²) in [4.78, 5) is 0.0282. The lowest BCUT2D eigenvalue weighted by Crippen LogP contribution is -2.27. The van der Waals surface area contributed by atoms with Crippen molar-refractivity contribution in [3.05, 3.63) is 48.4 Å². The highest BCUT2D eigenvalue weighted by atomic mass is 32.2. The third-order valence-electron chi connectivity index (χ3n) is 3.69. The minimum Gasteiger partial charge on any atom is -0.497 e. The number of sulfonamides is 1. The molecule has 0 aliphatic heterocycles. The van der Waals surface area contributed by atoms with Crippen LogP contribution < -0.4 is 14.2 Å². The maximum Gasteiger partial charge on any atom is 0.244 e. The zero-order chi connectivity index (χ0) is 17.9. The van der Waals surface area contributed by atoms with E-state index in [4.69, 9.17) is 9.47 Å². The van der Waals surface area contributed by atoms with Crippen molar-refractivity contribution in [3.63, 3.8) is 0 Å². The minimum absolute atomic E-state index is 0.0282. The van der Waals surface area contributed by atoms with Gasteiger partial charge in [-0.15, -0.1) is 10.2 Å². The summed E-state index contributed by atoms with van der Waals surface area (Å²) in [6.45, 7) is 0.179. The SMILES string of the molecule is COc1ccc(OC)c(S(=O)(=O)NCCc2nnc3ccccn23)c1. The van der Waals surface area contributed by atoms with Crippen molar-refractivity contribution in [2.24, 2.45) is 0 Å². The first-order valence-electron chi connectivity index (χ1n) is 7.55. The Bertz CT molecular complexity index is 985.